The van der Waals surface area contributed by atoms with Crippen LogP contribution >= 0.6 is 34.0 Å². The first-order valence-corrected chi connectivity index (χ1v) is 34.2. The van der Waals surface area contributed by atoms with E-state index in [-0.39, 0.29) is 0 Å². The summed E-state index contributed by atoms with van der Waals surface area (Å²) in [5.74, 6) is 1.25. The molecule has 0 atom stereocenters. The zero-order valence-corrected chi connectivity index (χ0v) is 53.5. The molecule has 8 aliphatic rings. The summed E-state index contributed by atoms with van der Waals surface area (Å²) in [6, 6.07) is 36.0. The fourth-order valence-electron chi connectivity index (χ4n) is 8.15. The van der Waals surface area contributed by atoms with Gasteiger partial charge in [0.15, 0.2) is 0 Å². The molecule has 6 aromatic heterocycles. The minimum absolute atomic E-state index is 0.627. The van der Waals surface area contributed by atoms with Crippen LogP contribution in [0, 0.1) is 0 Å². The molecule has 0 spiro atoms. The summed E-state index contributed by atoms with van der Waals surface area (Å²) >= 11 is 14.8. The Morgan fingerprint density at radius 2 is 0.551 bits per heavy atom. The smallest absolute Gasteiger partial charge is 0.212 e. The third-order valence-corrected chi connectivity index (χ3v) is 19.0. The van der Waals surface area contributed by atoms with Gasteiger partial charge in [0.25, 0.3) is 0 Å². The van der Waals surface area contributed by atoms with Crippen molar-refractivity contribution in [2.24, 2.45) is 69.8 Å². The van der Waals surface area contributed by atoms with Gasteiger partial charge < -0.3 is 0 Å². The Morgan fingerprint density at radius 1 is 0.225 bits per heavy atom. The lowest BCUT2D eigenvalue weighted by Gasteiger charge is -1.98. The maximum atomic E-state index is 4.25. The van der Waals surface area contributed by atoms with E-state index < -0.39 is 0 Å². The molecule has 0 fully saturated rings. The predicted octanol–water partition coefficient (Wildman–Crippen LogP) is 21.0. The Balaban J connectivity index is 0.0000000895. The van der Waals surface area contributed by atoms with E-state index in [9.17, 15) is 0 Å². The number of hydrogen-bond donors (Lipinski definition) is 0. The highest BCUT2D eigenvalue weighted by molar-refractivity contribution is 7.59. The monoisotopic (exact) mass is 1360 g/mol. The van der Waals surface area contributed by atoms with E-state index in [1.54, 1.807) is 71.2 Å². The van der Waals surface area contributed by atoms with E-state index >= 15 is 0 Å². The van der Waals surface area contributed by atoms with Gasteiger partial charge in [-0.3, -0.25) is 19.9 Å². The van der Waals surface area contributed by atoms with Gasteiger partial charge in [-0.2, -0.15) is 81.1 Å². The molecule has 0 radical (unpaired) electrons. The molecule has 0 amide bonds. The molecule has 89 heavy (non-hydrogen) atoms. The number of thiazole rings is 1. The molecule has 34 heteroatoms. The van der Waals surface area contributed by atoms with Crippen LogP contribution in [0.2, 0.25) is 0 Å². The minimum Gasteiger partial charge on any atom is -0.253 e. The van der Waals surface area contributed by atoms with Crippen LogP contribution in [0.5, 0.6) is 0 Å². The Kier molecular flexibility index (Phi) is 17.7. The van der Waals surface area contributed by atoms with Crippen LogP contribution in [-0.4, -0.2) is 34.9 Å². The second-order valence-corrected chi connectivity index (χ2v) is 24.5. The van der Waals surface area contributed by atoms with Gasteiger partial charge in [-0.15, -0.1) is 22.7 Å². The standard InChI is InChI=1S/2C10H6N2S.C8H4N4S.C7H3N3S2.C6H2N4S2.C6H4N2S.C4H2N4S.C4H2N2S2/c1-2-12-10-4-8-6-13-5-7(8)3-9(10)11-1;1-2-4-8-6-10-9(11-13-12-10)5-7(8)3-1;1-2-10-6-4-8-7(11-13-12-8)3-5(6)9-1;1-4-5(10-12-9-4)2-7-6(1)8-3-11-7;1-3-5(9-11-7-3)2-6-4(1)8-12-10-6;1-2-4-6-5(3-1)7-9-8-6;1-2-6-4-3(5-1)7-9-8-4;1-3-4(2-7-1)6-8-5-3/h2*1-6H;1-4H;1-3H;1-2H;1-4H;1-2H;1-2H. The number of fused-ring (bicyclic) bond motifs is 13. The second-order valence-electron chi connectivity index (χ2n) is 17.9. The van der Waals surface area contributed by atoms with E-state index in [1.807, 2.05) is 89.1 Å². The van der Waals surface area contributed by atoms with Crippen LogP contribution in [0.15, 0.2) is 243 Å². The number of nitrogens with zero attached hydrogens (tertiary/aromatic N) is 23. The normalized spacial score (nSPS) is 13.1. The molecule has 0 saturated heterocycles. The molecule has 21 rings (SSSR count). The first kappa shape index (κ1) is 57.4. The lowest BCUT2D eigenvalue weighted by atomic mass is 10.1. The molecule has 23 nitrogen and oxygen atoms in total. The molecule has 0 saturated carbocycles. The highest BCUT2D eigenvalue weighted by atomic mass is 32.1. The quantitative estimate of drug-likeness (QED) is 0.141. The summed E-state index contributed by atoms with van der Waals surface area (Å²) in [4.78, 5) is 28.9. The molecule has 13 aromatic rings. The first-order chi connectivity index (χ1) is 44.1. The Labute approximate surface area is 543 Å². The molecule has 430 valence electrons. The maximum Gasteiger partial charge on any atom is 0.212 e. The lowest BCUT2D eigenvalue weighted by molar-refractivity contribution is 1.18. The summed E-state index contributed by atoms with van der Waals surface area (Å²) in [6.07, 6.45) is 10.00. The Morgan fingerprint density at radius 3 is 1.00 bits per heavy atom. The van der Waals surface area contributed by atoms with Crippen molar-refractivity contribution in [3.8, 4) is 0 Å². The lowest BCUT2D eigenvalue weighted by Crippen LogP contribution is -1.80. The van der Waals surface area contributed by atoms with Crippen molar-refractivity contribution in [3.05, 3.63) is 173 Å². The summed E-state index contributed by atoms with van der Waals surface area (Å²) in [6.45, 7) is 0. The average Bonchev–Trinajstić information content (AvgIpc) is 3.32. The van der Waals surface area contributed by atoms with E-state index in [1.165, 1.54) is 106 Å². The average molecular weight is 1360 g/mol. The largest absolute Gasteiger partial charge is 0.253 e. The zero-order valence-electron chi connectivity index (χ0n) is 44.5. The fourth-order valence-corrected chi connectivity index (χ4v) is 14.4. The summed E-state index contributed by atoms with van der Waals surface area (Å²) < 4.78 is 66.5. The molecule has 0 bridgehead atoms. The third kappa shape index (κ3) is 13.7. The van der Waals surface area contributed by atoms with Gasteiger partial charge in [-0.05, 0) is 105 Å². The van der Waals surface area contributed by atoms with Gasteiger partial charge in [0.05, 0.1) is 129 Å². The highest BCUT2D eigenvalue weighted by Crippen LogP contribution is 2.44. The molecule has 0 unspecified atom stereocenters. The number of rotatable bonds is 0. The van der Waals surface area contributed by atoms with E-state index in [0.717, 1.165) is 119 Å². The van der Waals surface area contributed by atoms with Crippen LogP contribution in [0.4, 0.5) is 91.3 Å². The summed E-state index contributed by atoms with van der Waals surface area (Å²) in [5, 5.41) is 13.2. The molecular formula is C55H29N23S11. The SMILES string of the molecule is c1c2c(cc3c1N=S=N3)N=S=N2.c1ccc2c(c1)N=S=N2.c1ccc2cc3c(cc2c1)N=S=N3.c1cnc2c(n1)N=S=N2.c1cnc2cc3c(cc2n1)N=S=N3.c1cnc2cc3cscc3cc2n1.c1nc2cc3c(cc2s1)N=S=N3.c1scc2c1N=S=N2. The molecule has 0 aliphatic carbocycles. The highest BCUT2D eigenvalue weighted by Gasteiger charge is 2.14. The van der Waals surface area contributed by atoms with Crippen molar-refractivity contribution in [2.75, 3.05) is 0 Å². The molecule has 8 aliphatic heterocycles. The van der Waals surface area contributed by atoms with Gasteiger partial charge >= 0.3 is 0 Å². The number of benzene rings is 7. The molecule has 0 N–H and O–H groups in total. The fraction of sp³-hybridized carbons (Fsp3) is 0. The van der Waals surface area contributed by atoms with Crippen molar-refractivity contribution < 1.29 is 0 Å². The van der Waals surface area contributed by atoms with Crippen molar-refractivity contribution in [2.45, 2.75) is 0 Å². The Hall–Kier alpha value is -9.33. The van der Waals surface area contributed by atoms with E-state index in [0.29, 0.717) is 11.6 Å². The van der Waals surface area contributed by atoms with Crippen LogP contribution in [0.25, 0.3) is 53.8 Å². The zero-order chi connectivity index (χ0) is 59.6. The molecule has 14 heterocycles. The van der Waals surface area contributed by atoms with Crippen LogP contribution in [0.3, 0.4) is 0 Å². The van der Waals surface area contributed by atoms with Crippen molar-refractivity contribution >= 4 is 270 Å². The van der Waals surface area contributed by atoms with Gasteiger partial charge in [0.2, 0.25) is 11.6 Å². The summed E-state index contributed by atoms with van der Waals surface area (Å²) in [5.41, 5.74) is 19.8. The number of thiophene rings is 2. The predicted molar refractivity (Wildman–Crippen MR) is 370 cm³/mol. The molecular weight excluding hydrogens is 1340 g/mol. The van der Waals surface area contributed by atoms with Gasteiger partial charge in [0.1, 0.15) is 79.6 Å². The van der Waals surface area contributed by atoms with Crippen molar-refractivity contribution in [1.82, 2.24) is 34.9 Å². The Bertz CT molecular complexity index is 5120. The van der Waals surface area contributed by atoms with Crippen molar-refractivity contribution in [1.29, 1.82) is 0 Å². The maximum absolute atomic E-state index is 4.25. The van der Waals surface area contributed by atoms with Gasteiger partial charge in [-0.1, -0.05) is 36.4 Å². The number of aromatic nitrogens is 7. The van der Waals surface area contributed by atoms with Gasteiger partial charge in [0, 0.05) is 47.9 Å². The van der Waals surface area contributed by atoms with E-state index in [2.05, 4.69) is 152 Å². The second kappa shape index (κ2) is 27.4. The van der Waals surface area contributed by atoms with Crippen LogP contribution in [-0.2, 0) is 90.8 Å². The van der Waals surface area contributed by atoms with Gasteiger partial charge in [-0.25, -0.2) is 15.0 Å². The topological polar surface area (TPSA) is 288 Å². The van der Waals surface area contributed by atoms with Crippen LogP contribution < -0.4 is 0 Å². The first-order valence-electron chi connectivity index (χ1n) is 25.6. The number of hydrogen-bond acceptors (Lipinski definition) is 26. The van der Waals surface area contributed by atoms with E-state index in [4.69, 9.17) is 0 Å². The molecule has 7 aromatic carbocycles. The van der Waals surface area contributed by atoms with Crippen LogP contribution in [0.1, 0.15) is 0 Å². The van der Waals surface area contributed by atoms with Crippen molar-refractivity contribution in [3.63, 3.8) is 0 Å². The summed E-state index contributed by atoms with van der Waals surface area (Å²) in [7, 11) is 0. The minimum atomic E-state index is 0.627. The third-order valence-electron chi connectivity index (χ3n) is 12.3.